The largest absolute Gasteiger partial charge is 0.375 e. The number of amides is 1. The lowest BCUT2D eigenvalue weighted by Gasteiger charge is -2.20. The first-order valence-corrected chi connectivity index (χ1v) is 5.82. The quantitative estimate of drug-likeness (QED) is 0.860. The van der Waals surface area contributed by atoms with Gasteiger partial charge >= 0.3 is 0 Å². The standard InChI is InChI=1S/C14H11FN2O2/c15-10-1-2-12-11(7-10)14(19,13(18)17-12)8-9-3-5-16-6-4-9/h1-7,19H,8H2,(H,17,18)/t14-/m0/s1. The molecule has 1 aromatic heterocycles. The number of hydrogen-bond acceptors (Lipinski definition) is 3. The van der Waals surface area contributed by atoms with Crippen molar-refractivity contribution in [3.8, 4) is 0 Å². The smallest absolute Gasteiger partial charge is 0.261 e. The van der Waals surface area contributed by atoms with Crippen molar-refractivity contribution < 1.29 is 14.3 Å². The fourth-order valence-corrected chi connectivity index (χ4v) is 2.29. The predicted octanol–water partition coefficient (Wildman–Crippen LogP) is 1.60. The zero-order valence-corrected chi connectivity index (χ0v) is 9.93. The summed E-state index contributed by atoms with van der Waals surface area (Å²) in [6, 6.07) is 7.31. The average Bonchev–Trinajstić information content (AvgIpc) is 2.64. The van der Waals surface area contributed by atoms with Gasteiger partial charge in [-0.25, -0.2) is 4.39 Å². The Bertz CT molecular complexity index is 645. The van der Waals surface area contributed by atoms with Gasteiger partial charge in [0, 0.05) is 30.1 Å². The van der Waals surface area contributed by atoms with Crippen LogP contribution >= 0.6 is 0 Å². The van der Waals surface area contributed by atoms with Crippen molar-refractivity contribution in [3.05, 3.63) is 59.7 Å². The maximum atomic E-state index is 13.3. The summed E-state index contributed by atoms with van der Waals surface area (Å²) in [5, 5.41) is 13.2. The zero-order chi connectivity index (χ0) is 13.5. The minimum atomic E-state index is -1.74. The summed E-state index contributed by atoms with van der Waals surface area (Å²) in [5.74, 6) is -1.02. The third-order valence-electron chi connectivity index (χ3n) is 3.26. The molecule has 0 radical (unpaired) electrons. The molecule has 0 bridgehead atoms. The number of rotatable bonds is 2. The molecular weight excluding hydrogens is 247 g/mol. The van der Waals surface area contributed by atoms with Crippen LogP contribution in [0, 0.1) is 5.82 Å². The fourth-order valence-electron chi connectivity index (χ4n) is 2.29. The van der Waals surface area contributed by atoms with Gasteiger partial charge in [0.05, 0.1) is 0 Å². The van der Waals surface area contributed by atoms with Gasteiger partial charge in [-0.2, -0.15) is 0 Å². The number of carbonyl (C=O) groups is 1. The molecule has 3 rings (SSSR count). The Hall–Kier alpha value is -2.27. The molecule has 1 aliphatic rings. The molecule has 1 aromatic carbocycles. The highest BCUT2D eigenvalue weighted by Crippen LogP contribution is 2.38. The van der Waals surface area contributed by atoms with Gasteiger partial charge < -0.3 is 10.4 Å². The van der Waals surface area contributed by atoms with E-state index in [1.807, 2.05) is 0 Å². The van der Waals surface area contributed by atoms with Gasteiger partial charge in [0.25, 0.3) is 5.91 Å². The lowest BCUT2D eigenvalue weighted by atomic mass is 9.89. The Kier molecular flexibility index (Phi) is 2.57. The first-order chi connectivity index (χ1) is 9.09. The summed E-state index contributed by atoms with van der Waals surface area (Å²) in [6.45, 7) is 0. The summed E-state index contributed by atoms with van der Waals surface area (Å²) < 4.78 is 13.3. The van der Waals surface area contributed by atoms with Crippen LogP contribution in [0.5, 0.6) is 0 Å². The minimum Gasteiger partial charge on any atom is -0.375 e. The Morgan fingerprint density at radius 3 is 2.74 bits per heavy atom. The third-order valence-corrected chi connectivity index (χ3v) is 3.26. The van der Waals surface area contributed by atoms with E-state index in [1.54, 1.807) is 24.5 Å². The Morgan fingerprint density at radius 1 is 1.26 bits per heavy atom. The molecule has 1 atom stereocenters. The second kappa shape index (κ2) is 4.13. The van der Waals surface area contributed by atoms with E-state index in [-0.39, 0.29) is 12.0 Å². The molecule has 0 saturated heterocycles. The normalized spacial score (nSPS) is 21.1. The third kappa shape index (κ3) is 1.88. The van der Waals surface area contributed by atoms with E-state index >= 15 is 0 Å². The number of benzene rings is 1. The molecule has 2 aromatic rings. The number of aliphatic hydroxyl groups is 1. The molecule has 1 aliphatic heterocycles. The molecule has 5 heteroatoms. The molecule has 0 spiro atoms. The van der Waals surface area contributed by atoms with Crippen molar-refractivity contribution in [2.24, 2.45) is 0 Å². The van der Waals surface area contributed by atoms with Gasteiger partial charge in [-0.1, -0.05) is 0 Å². The highest BCUT2D eigenvalue weighted by atomic mass is 19.1. The van der Waals surface area contributed by atoms with Gasteiger partial charge in [-0.3, -0.25) is 9.78 Å². The number of nitrogens with one attached hydrogen (secondary N) is 1. The summed E-state index contributed by atoms with van der Waals surface area (Å²) in [6.07, 6.45) is 3.24. The van der Waals surface area contributed by atoms with Gasteiger partial charge in [0.15, 0.2) is 5.60 Å². The topological polar surface area (TPSA) is 62.2 Å². The second-order valence-corrected chi connectivity index (χ2v) is 4.54. The molecule has 19 heavy (non-hydrogen) atoms. The predicted molar refractivity (Wildman–Crippen MR) is 66.9 cm³/mol. The molecule has 1 amide bonds. The second-order valence-electron chi connectivity index (χ2n) is 4.54. The first-order valence-electron chi connectivity index (χ1n) is 5.82. The lowest BCUT2D eigenvalue weighted by molar-refractivity contribution is -0.133. The summed E-state index contributed by atoms with van der Waals surface area (Å²) in [4.78, 5) is 15.8. The maximum Gasteiger partial charge on any atom is 0.261 e. The van der Waals surface area contributed by atoms with Crippen molar-refractivity contribution >= 4 is 11.6 Å². The van der Waals surface area contributed by atoms with Crippen LogP contribution in [-0.2, 0) is 16.8 Å². The molecule has 0 fully saturated rings. The van der Waals surface area contributed by atoms with E-state index in [0.29, 0.717) is 5.69 Å². The SMILES string of the molecule is O=C1Nc2ccc(F)cc2[C@@]1(O)Cc1ccncc1. The number of halogens is 1. The van der Waals surface area contributed by atoms with E-state index < -0.39 is 17.3 Å². The number of fused-ring (bicyclic) bond motifs is 1. The first kappa shape index (κ1) is 11.8. The summed E-state index contributed by atoms with van der Waals surface area (Å²) >= 11 is 0. The van der Waals surface area contributed by atoms with Crippen molar-refractivity contribution in [3.63, 3.8) is 0 Å². The van der Waals surface area contributed by atoms with E-state index in [4.69, 9.17) is 0 Å². The van der Waals surface area contributed by atoms with E-state index in [2.05, 4.69) is 10.3 Å². The monoisotopic (exact) mass is 258 g/mol. The van der Waals surface area contributed by atoms with Gasteiger partial charge in [0.1, 0.15) is 5.82 Å². The highest BCUT2D eigenvalue weighted by Gasteiger charge is 2.45. The maximum absolute atomic E-state index is 13.3. The number of aromatic nitrogens is 1. The van der Waals surface area contributed by atoms with Crippen LogP contribution in [0.15, 0.2) is 42.7 Å². The number of carbonyl (C=O) groups excluding carboxylic acids is 1. The van der Waals surface area contributed by atoms with Crippen LogP contribution in [-0.4, -0.2) is 16.0 Å². The molecule has 0 aliphatic carbocycles. The zero-order valence-electron chi connectivity index (χ0n) is 9.93. The van der Waals surface area contributed by atoms with E-state index in [0.717, 1.165) is 5.56 Å². The number of anilines is 1. The Labute approximate surface area is 108 Å². The van der Waals surface area contributed by atoms with Crippen LogP contribution in [0.25, 0.3) is 0 Å². The number of nitrogens with zero attached hydrogens (tertiary/aromatic N) is 1. The molecule has 96 valence electrons. The Balaban J connectivity index is 2.04. The van der Waals surface area contributed by atoms with Crippen LogP contribution < -0.4 is 5.32 Å². The van der Waals surface area contributed by atoms with Crippen LogP contribution in [0.3, 0.4) is 0 Å². The fraction of sp³-hybridized carbons (Fsp3) is 0.143. The average molecular weight is 258 g/mol. The lowest BCUT2D eigenvalue weighted by Crippen LogP contribution is -2.36. The van der Waals surface area contributed by atoms with Gasteiger partial charge in [-0.15, -0.1) is 0 Å². The van der Waals surface area contributed by atoms with Crippen molar-refractivity contribution in [1.29, 1.82) is 0 Å². The highest BCUT2D eigenvalue weighted by molar-refractivity contribution is 6.05. The molecular formula is C14H11FN2O2. The van der Waals surface area contributed by atoms with Crippen molar-refractivity contribution in [2.75, 3.05) is 5.32 Å². The number of hydrogen-bond donors (Lipinski definition) is 2. The van der Waals surface area contributed by atoms with Crippen LogP contribution in [0.4, 0.5) is 10.1 Å². The summed E-state index contributed by atoms with van der Waals surface area (Å²) in [7, 11) is 0. The van der Waals surface area contributed by atoms with Crippen LogP contribution in [0.2, 0.25) is 0 Å². The van der Waals surface area contributed by atoms with Crippen molar-refractivity contribution in [1.82, 2.24) is 4.98 Å². The molecule has 2 N–H and O–H groups in total. The van der Waals surface area contributed by atoms with Crippen LogP contribution in [0.1, 0.15) is 11.1 Å². The molecule has 0 unspecified atom stereocenters. The van der Waals surface area contributed by atoms with E-state index in [9.17, 15) is 14.3 Å². The minimum absolute atomic E-state index is 0.0812. The van der Waals surface area contributed by atoms with Crippen molar-refractivity contribution in [2.45, 2.75) is 12.0 Å². The molecule has 2 heterocycles. The summed E-state index contributed by atoms with van der Waals surface area (Å²) in [5.41, 5.74) is -0.263. The van der Waals surface area contributed by atoms with Gasteiger partial charge in [0.2, 0.25) is 0 Å². The van der Waals surface area contributed by atoms with E-state index in [1.165, 1.54) is 18.2 Å². The van der Waals surface area contributed by atoms with Gasteiger partial charge in [-0.05, 0) is 35.9 Å². The number of pyridine rings is 1. The molecule has 4 nitrogen and oxygen atoms in total. The molecule has 0 saturated carbocycles. The Morgan fingerprint density at radius 2 is 2.00 bits per heavy atom.